The number of para-hydroxylation sites is 2. The first kappa shape index (κ1) is 20.9. The molecule has 0 unspecified atom stereocenters. The van der Waals surface area contributed by atoms with E-state index >= 15 is 0 Å². The first-order valence-corrected chi connectivity index (χ1v) is 9.93. The van der Waals surface area contributed by atoms with Crippen LogP contribution in [-0.4, -0.2) is 27.8 Å². The van der Waals surface area contributed by atoms with E-state index in [1.54, 1.807) is 0 Å². The second-order valence-electron chi connectivity index (χ2n) is 7.80. The van der Waals surface area contributed by atoms with Crippen LogP contribution in [0.2, 0.25) is 0 Å². The molecule has 3 aromatic rings. The highest BCUT2D eigenvalue weighted by atomic mass is 19.4. The Morgan fingerprint density at radius 1 is 1.16 bits per heavy atom. The molecule has 0 aliphatic heterocycles. The smallest absolute Gasteiger partial charge is 0.345 e. The number of amides is 2. The SMILES string of the molecule is C[C@H](NC(=O)C[C@@H]1C[C@@H]1c1nc2ccccc2[nH]1)C(=O)Nc1ccc(C(F)(F)F)cc1. The maximum Gasteiger partial charge on any atom is 0.416 e. The zero-order chi connectivity index (χ0) is 22.2. The van der Waals surface area contributed by atoms with E-state index < -0.39 is 23.7 Å². The standard InChI is InChI=1S/C22H21F3N4O2/c1-12(21(31)27-15-8-6-14(7-9-15)22(23,24)25)26-19(30)11-13-10-16(13)20-28-17-4-2-3-5-18(17)29-20/h2-9,12-13,16H,10-11H2,1H3,(H,26,30)(H,27,31)(H,28,29)/t12-,13-,16-/m0/s1. The number of anilines is 1. The molecule has 6 nitrogen and oxygen atoms in total. The Hall–Kier alpha value is -3.36. The van der Waals surface area contributed by atoms with E-state index in [0.717, 1.165) is 35.4 Å². The van der Waals surface area contributed by atoms with Gasteiger partial charge in [0.05, 0.1) is 16.6 Å². The number of rotatable bonds is 6. The van der Waals surface area contributed by atoms with Crippen LogP contribution < -0.4 is 10.6 Å². The van der Waals surface area contributed by atoms with E-state index in [2.05, 4.69) is 20.6 Å². The minimum atomic E-state index is -4.44. The lowest BCUT2D eigenvalue weighted by Gasteiger charge is -2.14. The van der Waals surface area contributed by atoms with E-state index in [-0.39, 0.29) is 29.9 Å². The number of hydrogen-bond donors (Lipinski definition) is 3. The Bertz CT molecular complexity index is 1070. The number of imidazole rings is 1. The van der Waals surface area contributed by atoms with Crippen LogP contribution in [0.15, 0.2) is 48.5 Å². The molecule has 162 valence electrons. The summed E-state index contributed by atoms with van der Waals surface area (Å²) in [4.78, 5) is 32.4. The fourth-order valence-electron chi connectivity index (χ4n) is 3.55. The van der Waals surface area contributed by atoms with Crippen molar-refractivity contribution in [2.45, 2.75) is 37.9 Å². The van der Waals surface area contributed by atoms with Crippen molar-refractivity contribution in [2.24, 2.45) is 5.92 Å². The molecular weight excluding hydrogens is 409 g/mol. The van der Waals surface area contributed by atoms with Gasteiger partial charge in [-0.1, -0.05) is 12.1 Å². The fourth-order valence-corrected chi connectivity index (χ4v) is 3.55. The third-order valence-corrected chi connectivity index (χ3v) is 5.38. The molecule has 1 aliphatic rings. The lowest BCUT2D eigenvalue weighted by atomic mass is 10.2. The molecule has 3 atom stereocenters. The number of alkyl halides is 3. The summed E-state index contributed by atoms with van der Waals surface area (Å²) in [5.74, 6) is 0.462. The molecule has 3 N–H and O–H groups in total. The Kier molecular flexibility index (Phi) is 5.43. The lowest BCUT2D eigenvalue weighted by molar-refractivity contribution is -0.137. The Balaban J connectivity index is 1.26. The number of aromatic nitrogens is 2. The van der Waals surface area contributed by atoms with E-state index in [0.29, 0.717) is 0 Å². The number of nitrogens with zero attached hydrogens (tertiary/aromatic N) is 1. The molecule has 4 rings (SSSR count). The van der Waals surface area contributed by atoms with Gasteiger partial charge in [0.1, 0.15) is 11.9 Å². The number of fused-ring (bicyclic) bond motifs is 1. The molecule has 31 heavy (non-hydrogen) atoms. The molecule has 0 bridgehead atoms. The zero-order valence-corrected chi connectivity index (χ0v) is 16.7. The van der Waals surface area contributed by atoms with Gasteiger partial charge in [0.15, 0.2) is 0 Å². The van der Waals surface area contributed by atoms with Gasteiger partial charge in [-0.3, -0.25) is 9.59 Å². The average Bonchev–Trinajstić information content (AvgIpc) is 3.33. The monoisotopic (exact) mass is 430 g/mol. The van der Waals surface area contributed by atoms with Crippen molar-refractivity contribution in [3.63, 3.8) is 0 Å². The van der Waals surface area contributed by atoms with Gasteiger partial charge >= 0.3 is 6.18 Å². The maximum atomic E-state index is 12.6. The summed E-state index contributed by atoms with van der Waals surface area (Å²) in [7, 11) is 0. The Labute approximate surface area is 176 Å². The van der Waals surface area contributed by atoms with Crippen molar-refractivity contribution in [3.05, 3.63) is 59.9 Å². The van der Waals surface area contributed by atoms with Crippen molar-refractivity contribution in [1.82, 2.24) is 15.3 Å². The number of hydrogen-bond acceptors (Lipinski definition) is 3. The highest BCUT2D eigenvalue weighted by Crippen LogP contribution is 2.48. The molecule has 9 heteroatoms. The maximum absolute atomic E-state index is 12.6. The molecule has 2 amide bonds. The van der Waals surface area contributed by atoms with Gasteiger partial charge in [-0.25, -0.2) is 4.98 Å². The van der Waals surface area contributed by atoms with Crippen molar-refractivity contribution in [3.8, 4) is 0 Å². The third-order valence-electron chi connectivity index (χ3n) is 5.38. The predicted octanol–water partition coefficient (Wildman–Crippen LogP) is 4.22. The first-order valence-electron chi connectivity index (χ1n) is 9.93. The fraction of sp³-hybridized carbons (Fsp3) is 0.318. The van der Waals surface area contributed by atoms with Crippen LogP contribution in [0.4, 0.5) is 18.9 Å². The van der Waals surface area contributed by atoms with Gasteiger partial charge in [-0.15, -0.1) is 0 Å². The number of benzene rings is 2. The van der Waals surface area contributed by atoms with E-state index in [4.69, 9.17) is 0 Å². The van der Waals surface area contributed by atoms with Gasteiger partial charge in [-0.05, 0) is 55.7 Å². The van der Waals surface area contributed by atoms with Crippen LogP contribution in [0.3, 0.4) is 0 Å². The quantitative estimate of drug-likeness (QED) is 0.547. The molecular formula is C22H21F3N4O2. The van der Waals surface area contributed by atoms with Crippen LogP contribution in [-0.2, 0) is 15.8 Å². The number of nitrogens with one attached hydrogen (secondary N) is 3. The van der Waals surface area contributed by atoms with Crippen LogP contribution >= 0.6 is 0 Å². The Morgan fingerprint density at radius 3 is 2.55 bits per heavy atom. The molecule has 0 saturated heterocycles. The Morgan fingerprint density at radius 2 is 1.87 bits per heavy atom. The van der Waals surface area contributed by atoms with Crippen molar-refractivity contribution >= 4 is 28.5 Å². The minimum absolute atomic E-state index is 0.158. The molecule has 0 spiro atoms. The van der Waals surface area contributed by atoms with E-state index in [1.807, 2.05) is 24.3 Å². The first-order chi connectivity index (χ1) is 14.7. The summed E-state index contributed by atoms with van der Waals surface area (Å²) < 4.78 is 37.8. The molecule has 1 heterocycles. The summed E-state index contributed by atoms with van der Waals surface area (Å²) in [5.41, 5.74) is 1.28. The van der Waals surface area contributed by atoms with Crippen molar-refractivity contribution in [2.75, 3.05) is 5.32 Å². The van der Waals surface area contributed by atoms with Crippen LogP contribution in [0, 0.1) is 5.92 Å². The number of halogens is 3. The predicted molar refractivity (Wildman–Crippen MR) is 109 cm³/mol. The summed E-state index contributed by atoms with van der Waals surface area (Å²) in [6, 6.07) is 11.0. The summed E-state index contributed by atoms with van der Waals surface area (Å²) in [6.45, 7) is 1.53. The topological polar surface area (TPSA) is 86.9 Å². The minimum Gasteiger partial charge on any atom is -0.345 e. The van der Waals surface area contributed by atoms with Gasteiger partial charge in [-0.2, -0.15) is 13.2 Å². The highest BCUT2D eigenvalue weighted by molar-refractivity contribution is 5.97. The van der Waals surface area contributed by atoms with Gasteiger partial charge < -0.3 is 15.6 Å². The number of H-pyrrole nitrogens is 1. The molecule has 0 radical (unpaired) electrons. The molecule has 1 aromatic heterocycles. The summed E-state index contributed by atoms with van der Waals surface area (Å²) >= 11 is 0. The number of aromatic amines is 1. The average molecular weight is 430 g/mol. The number of carbonyl (C=O) groups excluding carboxylic acids is 2. The van der Waals surface area contributed by atoms with Gasteiger partial charge in [0.25, 0.3) is 0 Å². The van der Waals surface area contributed by atoms with Crippen LogP contribution in [0.25, 0.3) is 11.0 Å². The molecule has 1 aliphatic carbocycles. The third kappa shape index (κ3) is 4.87. The van der Waals surface area contributed by atoms with Gasteiger partial charge in [0, 0.05) is 18.0 Å². The summed E-state index contributed by atoms with van der Waals surface area (Å²) in [6.07, 6.45) is -3.31. The summed E-state index contributed by atoms with van der Waals surface area (Å²) in [5, 5.41) is 5.15. The molecule has 1 fully saturated rings. The molecule has 1 saturated carbocycles. The molecule has 2 aromatic carbocycles. The number of carbonyl (C=O) groups is 2. The van der Waals surface area contributed by atoms with E-state index in [1.165, 1.54) is 19.1 Å². The normalized spacial score (nSPS) is 19.1. The zero-order valence-electron chi connectivity index (χ0n) is 16.7. The second-order valence-corrected chi connectivity index (χ2v) is 7.80. The van der Waals surface area contributed by atoms with Crippen LogP contribution in [0.5, 0.6) is 0 Å². The van der Waals surface area contributed by atoms with E-state index in [9.17, 15) is 22.8 Å². The largest absolute Gasteiger partial charge is 0.416 e. The van der Waals surface area contributed by atoms with Crippen LogP contribution in [0.1, 0.15) is 37.1 Å². The van der Waals surface area contributed by atoms with Crippen molar-refractivity contribution in [1.29, 1.82) is 0 Å². The lowest BCUT2D eigenvalue weighted by Crippen LogP contribution is -2.41. The highest BCUT2D eigenvalue weighted by Gasteiger charge is 2.42. The second kappa shape index (κ2) is 8.05. The van der Waals surface area contributed by atoms with Gasteiger partial charge in [0.2, 0.25) is 11.8 Å². The van der Waals surface area contributed by atoms with Crippen molar-refractivity contribution < 1.29 is 22.8 Å².